The Bertz CT molecular complexity index is 793. The molecule has 4 heteroatoms. The Labute approximate surface area is 159 Å². The first-order chi connectivity index (χ1) is 13.0. The van der Waals surface area contributed by atoms with Gasteiger partial charge < -0.3 is 9.47 Å². The van der Waals surface area contributed by atoms with Crippen molar-refractivity contribution in [2.75, 3.05) is 0 Å². The molecule has 4 rings (SSSR count). The predicted octanol–water partition coefficient (Wildman–Crippen LogP) is 4.97. The van der Waals surface area contributed by atoms with Gasteiger partial charge in [0.1, 0.15) is 5.57 Å². The summed E-state index contributed by atoms with van der Waals surface area (Å²) in [6, 6.07) is 19.0. The molecule has 0 amide bonds. The van der Waals surface area contributed by atoms with Gasteiger partial charge in [-0.3, -0.25) is 0 Å². The molecule has 27 heavy (non-hydrogen) atoms. The summed E-state index contributed by atoms with van der Waals surface area (Å²) < 4.78 is 10.2. The van der Waals surface area contributed by atoms with Crippen LogP contribution in [0.25, 0.3) is 11.1 Å². The van der Waals surface area contributed by atoms with Gasteiger partial charge in [-0.15, -0.1) is 0 Å². The van der Waals surface area contributed by atoms with Gasteiger partial charge in [0, 0.05) is 12.8 Å². The van der Waals surface area contributed by atoms with Crippen molar-refractivity contribution < 1.29 is 19.1 Å². The Balaban J connectivity index is 0.000000156. The van der Waals surface area contributed by atoms with Gasteiger partial charge in [0.2, 0.25) is 0 Å². The monoisotopic (exact) mass is 364 g/mol. The van der Waals surface area contributed by atoms with E-state index < -0.39 is 17.7 Å². The zero-order valence-electron chi connectivity index (χ0n) is 15.6. The zero-order chi connectivity index (χ0) is 19.3. The van der Waals surface area contributed by atoms with E-state index in [1.54, 1.807) is 0 Å². The van der Waals surface area contributed by atoms with Crippen LogP contribution in [0.1, 0.15) is 37.7 Å². The lowest BCUT2D eigenvalue weighted by Gasteiger charge is -2.38. The summed E-state index contributed by atoms with van der Waals surface area (Å²) in [5.74, 6) is -2.25. The molecule has 1 heterocycles. The van der Waals surface area contributed by atoms with Crippen molar-refractivity contribution in [3.05, 3.63) is 72.3 Å². The standard InChI is InChI=1S/C13H12.C10H12O4/c1-11-7-9-13(10-8-11)12-5-3-2-4-6-12;1-7-8(11)13-10(14-9(7)12)5-3-2-4-6-10/h2-10H,1H3;1-6H2. The molecule has 2 aliphatic rings. The minimum absolute atomic E-state index is 0.207. The molecule has 0 unspecified atom stereocenters. The molecule has 0 bridgehead atoms. The summed E-state index contributed by atoms with van der Waals surface area (Å²) in [5, 5.41) is 0. The summed E-state index contributed by atoms with van der Waals surface area (Å²) in [6.45, 7) is 5.41. The molecule has 1 spiro atoms. The Hall–Kier alpha value is -2.88. The number of hydrogen-bond acceptors (Lipinski definition) is 4. The van der Waals surface area contributed by atoms with Crippen LogP contribution < -0.4 is 0 Å². The summed E-state index contributed by atoms with van der Waals surface area (Å²) in [6.07, 6.45) is 4.16. The summed E-state index contributed by atoms with van der Waals surface area (Å²) in [4.78, 5) is 22.5. The number of benzene rings is 2. The molecule has 1 saturated carbocycles. The van der Waals surface area contributed by atoms with Crippen LogP contribution in [0.15, 0.2) is 66.7 Å². The van der Waals surface area contributed by atoms with Crippen LogP contribution in [0.3, 0.4) is 0 Å². The number of hydrogen-bond donors (Lipinski definition) is 0. The van der Waals surface area contributed by atoms with Crippen LogP contribution in [-0.2, 0) is 19.1 Å². The molecule has 1 aliphatic heterocycles. The van der Waals surface area contributed by atoms with Crippen molar-refractivity contribution in [2.24, 2.45) is 0 Å². The van der Waals surface area contributed by atoms with E-state index in [1.807, 2.05) is 6.07 Å². The number of carbonyl (C=O) groups excluding carboxylic acids is 2. The molecule has 1 aliphatic carbocycles. The second-order valence-electron chi connectivity index (χ2n) is 6.96. The SMILES string of the molecule is C=C1C(=O)OC2(CCCCC2)OC1=O.Cc1ccc(-c2ccccc2)cc1. The molecule has 4 nitrogen and oxygen atoms in total. The van der Waals surface area contributed by atoms with Crippen molar-refractivity contribution in [3.63, 3.8) is 0 Å². The molecule has 0 aromatic heterocycles. The quantitative estimate of drug-likeness (QED) is 0.407. The smallest absolute Gasteiger partial charge is 0.348 e. The van der Waals surface area contributed by atoms with Gasteiger partial charge in [-0.2, -0.15) is 0 Å². The van der Waals surface area contributed by atoms with E-state index in [0.717, 1.165) is 19.3 Å². The van der Waals surface area contributed by atoms with E-state index in [2.05, 4.69) is 62.0 Å². The maximum Gasteiger partial charge on any atom is 0.348 e. The van der Waals surface area contributed by atoms with Gasteiger partial charge >= 0.3 is 11.9 Å². The highest BCUT2D eigenvalue weighted by atomic mass is 16.7. The maximum absolute atomic E-state index is 11.3. The third-order valence-electron chi connectivity index (χ3n) is 4.82. The zero-order valence-corrected chi connectivity index (χ0v) is 15.6. The highest BCUT2D eigenvalue weighted by molar-refractivity contribution is 6.14. The molecule has 2 aromatic rings. The molecular formula is C23H24O4. The van der Waals surface area contributed by atoms with Gasteiger partial charge in [0.05, 0.1) is 0 Å². The van der Waals surface area contributed by atoms with Crippen LogP contribution in [0.4, 0.5) is 0 Å². The molecule has 140 valence electrons. The molecule has 2 fully saturated rings. The highest BCUT2D eigenvalue weighted by Gasteiger charge is 2.45. The van der Waals surface area contributed by atoms with E-state index in [1.165, 1.54) is 16.7 Å². The second-order valence-corrected chi connectivity index (χ2v) is 6.96. The Kier molecular flexibility index (Phi) is 5.75. The Morgan fingerprint density at radius 2 is 1.30 bits per heavy atom. The first kappa shape index (κ1) is 18.9. The van der Waals surface area contributed by atoms with Crippen LogP contribution in [0, 0.1) is 6.92 Å². The number of aryl methyl sites for hydroxylation is 1. The lowest BCUT2D eigenvalue weighted by Crippen LogP contribution is -2.47. The van der Waals surface area contributed by atoms with Crippen molar-refractivity contribution in [3.8, 4) is 11.1 Å². The molecule has 0 N–H and O–H groups in total. The fourth-order valence-electron chi connectivity index (χ4n) is 3.24. The van der Waals surface area contributed by atoms with E-state index in [4.69, 9.17) is 9.47 Å². The second kappa shape index (κ2) is 8.21. The third kappa shape index (κ3) is 4.64. The van der Waals surface area contributed by atoms with Gasteiger partial charge in [-0.25, -0.2) is 9.59 Å². The lowest BCUT2D eigenvalue weighted by atomic mass is 9.93. The summed E-state index contributed by atoms with van der Waals surface area (Å²) in [7, 11) is 0. The minimum atomic E-state index is -0.979. The van der Waals surface area contributed by atoms with Gasteiger partial charge in [0.15, 0.2) is 0 Å². The lowest BCUT2D eigenvalue weighted by molar-refractivity contribution is -0.244. The van der Waals surface area contributed by atoms with Crippen LogP contribution >= 0.6 is 0 Å². The topological polar surface area (TPSA) is 52.6 Å². The first-order valence-corrected chi connectivity index (χ1v) is 9.27. The summed E-state index contributed by atoms with van der Waals surface area (Å²) >= 11 is 0. The molecule has 2 aromatic carbocycles. The van der Waals surface area contributed by atoms with Crippen molar-refractivity contribution in [1.82, 2.24) is 0 Å². The van der Waals surface area contributed by atoms with E-state index in [9.17, 15) is 9.59 Å². The molecular weight excluding hydrogens is 340 g/mol. The van der Waals surface area contributed by atoms with E-state index >= 15 is 0 Å². The Morgan fingerprint density at radius 3 is 1.85 bits per heavy atom. The fourth-order valence-corrected chi connectivity index (χ4v) is 3.24. The Morgan fingerprint density at radius 1 is 0.778 bits per heavy atom. The van der Waals surface area contributed by atoms with Crippen LogP contribution in [0.2, 0.25) is 0 Å². The maximum atomic E-state index is 11.3. The molecule has 1 saturated heterocycles. The number of ether oxygens (including phenoxy) is 2. The largest absolute Gasteiger partial charge is 0.419 e. The third-order valence-corrected chi connectivity index (χ3v) is 4.82. The van der Waals surface area contributed by atoms with Gasteiger partial charge in [0.25, 0.3) is 5.79 Å². The van der Waals surface area contributed by atoms with Crippen molar-refractivity contribution >= 4 is 11.9 Å². The van der Waals surface area contributed by atoms with E-state index in [-0.39, 0.29) is 5.57 Å². The van der Waals surface area contributed by atoms with Gasteiger partial charge in [-0.05, 0) is 30.9 Å². The summed E-state index contributed by atoms with van der Waals surface area (Å²) in [5.41, 5.74) is 3.66. The first-order valence-electron chi connectivity index (χ1n) is 9.27. The minimum Gasteiger partial charge on any atom is -0.419 e. The normalized spacial score (nSPS) is 18.2. The predicted molar refractivity (Wildman–Crippen MR) is 104 cm³/mol. The number of rotatable bonds is 1. The fraction of sp³-hybridized carbons (Fsp3) is 0.304. The molecule has 0 atom stereocenters. The highest BCUT2D eigenvalue weighted by Crippen LogP contribution is 2.36. The van der Waals surface area contributed by atoms with E-state index in [0.29, 0.717) is 12.8 Å². The van der Waals surface area contributed by atoms with Gasteiger partial charge in [-0.1, -0.05) is 73.2 Å². The molecule has 0 radical (unpaired) electrons. The average Bonchev–Trinajstić information content (AvgIpc) is 2.68. The number of esters is 2. The number of carbonyl (C=O) groups is 2. The van der Waals surface area contributed by atoms with Crippen LogP contribution in [-0.4, -0.2) is 17.7 Å². The average molecular weight is 364 g/mol. The van der Waals surface area contributed by atoms with Crippen molar-refractivity contribution in [2.45, 2.75) is 44.8 Å². The van der Waals surface area contributed by atoms with Crippen LogP contribution in [0.5, 0.6) is 0 Å². The van der Waals surface area contributed by atoms with Crippen molar-refractivity contribution in [1.29, 1.82) is 0 Å².